The molecule has 4 heteroatoms. The van der Waals surface area contributed by atoms with E-state index in [1.807, 2.05) is 0 Å². The molecule has 1 N–H and O–H groups in total. The van der Waals surface area contributed by atoms with Gasteiger partial charge in [-0.1, -0.05) is 0 Å². The van der Waals surface area contributed by atoms with Crippen LogP contribution >= 0.6 is 0 Å². The summed E-state index contributed by atoms with van der Waals surface area (Å²) in [4.78, 5) is 0. The molecule has 0 amide bonds. The van der Waals surface area contributed by atoms with E-state index in [1.165, 1.54) is 11.3 Å². The van der Waals surface area contributed by atoms with Gasteiger partial charge < -0.3 is 10.1 Å². The summed E-state index contributed by atoms with van der Waals surface area (Å²) in [5.41, 5.74) is 3.80. The molecule has 0 aromatic carbocycles. The van der Waals surface area contributed by atoms with Gasteiger partial charge in [-0.25, -0.2) is 0 Å². The van der Waals surface area contributed by atoms with Crippen LogP contribution in [-0.2, 0) is 11.3 Å². The van der Waals surface area contributed by atoms with Crippen molar-refractivity contribution in [3.63, 3.8) is 0 Å². The summed E-state index contributed by atoms with van der Waals surface area (Å²) >= 11 is 0. The molecule has 1 aliphatic carbocycles. The van der Waals surface area contributed by atoms with Gasteiger partial charge in [0.2, 0.25) is 0 Å². The van der Waals surface area contributed by atoms with E-state index in [0.29, 0.717) is 18.2 Å². The first-order chi connectivity index (χ1) is 8.56. The van der Waals surface area contributed by atoms with E-state index in [-0.39, 0.29) is 0 Å². The second-order valence-electron chi connectivity index (χ2n) is 5.31. The van der Waals surface area contributed by atoms with E-state index >= 15 is 0 Å². The molecule has 1 aromatic rings. The van der Waals surface area contributed by atoms with Crippen molar-refractivity contribution in [3.8, 4) is 0 Å². The molecule has 4 nitrogen and oxygen atoms in total. The molecule has 1 saturated carbocycles. The monoisotopic (exact) mass is 251 g/mol. The molecule has 1 heterocycles. The van der Waals surface area contributed by atoms with Crippen LogP contribution < -0.4 is 5.32 Å². The highest BCUT2D eigenvalue weighted by molar-refractivity contribution is 5.28. The number of aryl methyl sites for hydroxylation is 2. The highest BCUT2D eigenvalue weighted by Crippen LogP contribution is 2.27. The van der Waals surface area contributed by atoms with Gasteiger partial charge in [0.15, 0.2) is 0 Å². The van der Waals surface area contributed by atoms with E-state index in [4.69, 9.17) is 4.74 Å². The van der Waals surface area contributed by atoms with Gasteiger partial charge in [0.1, 0.15) is 0 Å². The third-order valence-electron chi connectivity index (χ3n) is 4.08. The molecule has 0 spiro atoms. The molecule has 0 bridgehead atoms. The summed E-state index contributed by atoms with van der Waals surface area (Å²) < 4.78 is 7.40. The molecule has 1 unspecified atom stereocenters. The van der Waals surface area contributed by atoms with E-state index in [9.17, 15) is 0 Å². The Balaban J connectivity index is 2.01. The summed E-state index contributed by atoms with van der Waals surface area (Å²) in [5, 5.41) is 8.27. The van der Waals surface area contributed by atoms with Gasteiger partial charge in [-0.3, -0.25) is 4.68 Å². The van der Waals surface area contributed by atoms with Crippen LogP contribution in [0.25, 0.3) is 0 Å². The summed E-state index contributed by atoms with van der Waals surface area (Å²) in [7, 11) is 1.80. The molecule has 18 heavy (non-hydrogen) atoms. The number of hydrogen-bond acceptors (Lipinski definition) is 3. The predicted octanol–water partition coefficient (Wildman–Crippen LogP) is 2.35. The summed E-state index contributed by atoms with van der Waals surface area (Å²) in [6, 6.07) is 0.960. The van der Waals surface area contributed by atoms with Crippen LogP contribution in [0, 0.1) is 13.8 Å². The van der Waals surface area contributed by atoms with E-state index < -0.39 is 0 Å². The highest BCUT2D eigenvalue weighted by Gasteiger charge is 2.30. The minimum atomic E-state index is 0.369. The van der Waals surface area contributed by atoms with Gasteiger partial charge in [0.05, 0.1) is 11.8 Å². The Kier molecular flexibility index (Phi) is 4.07. The third kappa shape index (κ3) is 2.45. The van der Waals surface area contributed by atoms with Crippen LogP contribution in [0.3, 0.4) is 0 Å². The van der Waals surface area contributed by atoms with Crippen LogP contribution in [0.2, 0.25) is 0 Å². The number of methoxy groups -OCH3 is 1. The molecule has 1 fully saturated rings. The van der Waals surface area contributed by atoms with Crippen molar-refractivity contribution >= 4 is 0 Å². The fourth-order valence-corrected chi connectivity index (χ4v) is 2.98. The second kappa shape index (κ2) is 5.41. The zero-order valence-corrected chi connectivity index (χ0v) is 12.2. The Morgan fingerprint density at radius 2 is 2.11 bits per heavy atom. The summed E-state index contributed by atoms with van der Waals surface area (Å²) in [5.74, 6) is 0. The second-order valence-corrected chi connectivity index (χ2v) is 5.31. The van der Waals surface area contributed by atoms with Crippen molar-refractivity contribution in [1.29, 1.82) is 0 Å². The summed E-state index contributed by atoms with van der Waals surface area (Å²) in [6.45, 7) is 9.57. The number of nitrogens with zero attached hydrogens (tertiary/aromatic N) is 2. The average Bonchev–Trinajstić information content (AvgIpc) is 2.58. The lowest BCUT2D eigenvalue weighted by Gasteiger charge is -2.36. The summed E-state index contributed by atoms with van der Waals surface area (Å²) in [6.07, 6.45) is 2.71. The van der Waals surface area contributed by atoms with Crippen LogP contribution in [-0.4, -0.2) is 29.0 Å². The fraction of sp³-hybridized carbons (Fsp3) is 0.786. The van der Waals surface area contributed by atoms with E-state index in [2.05, 4.69) is 42.8 Å². The lowest BCUT2D eigenvalue weighted by Crippen LogP contribution is -2.46. The Morgan fingerprint density at radius 3 is 2.61 bits per heavy atom. The molecule has 1 atom stereocenters. The van der Waals surface area contributed by atoms with Crippen molar-refractivity contribution in [3.05, 3.63) is 17.0 Å². The standard InChI is InChI=1S/C14H25N3O/c1-6-17-11(4)14(10(3)16-17)9(2)15-12-7-13(8-12)18-5/h9,12-13,15H,6-8H2,1-5H3. The van der Waals surface area contributed by atoms with Gasteiger partial charge in [0.25, 0.3) is 0 Å². The fourth-order valence-electron chi connectivity index (χ4n) is 2.98. The maximum atomic E-state index is 5.32. The largest absolute Gasteiger partial charge is 0.381 e. The van der Waals surface area contributed by atoms with Crippen molar-refractivity contribution in [2.75, 3.05) is 7.11 Å². The first kappa shape index (κ1) is 13.6. The van der Waals surface area contributed by atoms with Gasteiger partial charge in [-0.2, -0.15) is 5.10 Å². The maximum Gasteiger partial charge on any atom is 0.0644 e. The lowest BCUT2D eigenvalue weighted by atomic mass is 9.88. The van der Waals surface area contributed by atoms with Crippen molar-refractivity contribution in [2.45, 2.75) is 65.3 Å². The first-order valence-electron chi connectivity index (χ1n) is 6.89. The third-order valence-corrected chi connectivity index (χ3v) is 4.08. The molecule has 102 valence electrons. The molecule has 1 aromatic heterocycles. The van der Waals surface area contributed by atoms with Crippen molar-refractivity contribution in [2.24, 2.45) is 0 Å². The molecule has 0 aliphatic heterocycles. The van der Waals surface area contributed by atoms with Crippen LogP contribution in [0.15, 0.2) is 0 Å². The number of aromatic nitrogens is 2. The van der Waals surface area contributed by atoms with Gasteiger partial charge >= 0.3 is 0 Å². The predicted molar refractivity (Wildman–Crippen MR) is 72.7 cm³/mol. The molecular formula is C14H25N3O. The van der Waals surface area contributed by atoms with Crippen LogP contribution in [0.1, 0.15) is 49.7 Å². The molecule has 0 saturated heterocycles. The van der Waals surface area contributed by atoms with Crippen LogP contribution in [0.4, 0.5) is 0 Å². The number of ether oxygens (including phenoxy) is 1. The van der Waals surface area contributed by atoms with Crippen molar-refractivity contribution < 1.29 is 4.74 Å². The first-order valence-corrected chi connectivity index (χ1v) is 6.89. The normalized spacial score (nSPS) is 24.9. The van der Waals surface area contributed by atoms with E-state index in [0.717, 1.165) is 25.1 Å². The van der Waals surface area contributed by atoms with Gasteiger partial charge in [-0.05, 0) is 40.5 Å². The smallest absolute Gasteiger partial charge is 0.0644 e. The minimum Gasteiger partial charge on any atom is -0.381 e. The molecule has 0 radical (unpaired) electrons. The zero-order chi connectivity index (χ0) is 13.3. The maximum absolute atomic E-state index is 5.32. The molecular weight excluding hydrogens is 226 g/mol. The topological polar surface area (TPSA) is 39.1 Å². The molecule has 1 aliphatic rings. The zero-order valence-electron chi connectivity index (χ0n) is 12.2. The number of hydrogen-bond donors (Lipinski definition) is 1. The SMILES string of the molecule is CCn1nc(C)c(C(C)NC2CC(OC)C2)c1C. The Bertz CT molecular complexity index is 407. The number of rotatable bonds is 5. The average molecular weight is 251 g/mol. The van der Waals surface area contributed by atoms with Crippen molar-refractivity contribution in [1.82, 2.24) is 15.1 Å². The quantitative estimate of drug-likeness (QED) is 0.873. The van der Waals surface area contributed by atoms with E-state index in [1.54, 1.807) is 7.11 Å². The van der Waals surface area contributed by atoms with Gasteiger partial charge in [-0.15, -0.1) is 0 Å². The highest BCUT2D eigenvalue weighted by atomic mass is 16.5. The van der Waals surface area contributed by atoms with Gasteiger partial charge in [0, 0.05) is 37.0 Å². The Morgan fingerprint density at radius 1 is 1.44 bits per heavy atom. The Hall–Kier alpha value is -0.870. The molecule has 2 rings (SSSR count). The Labute approximate surface area is 110 Å². The minimum absolute atomic E-state index is 0.369. The van der Waals surface area contributed by atoms with Crippen LogP contribution in [0.5, 0.6) is 0 Å². The number of nitrogens with one attached hydrogen (secondary N) is 1. The lowest BCUT2D eigenvalue weighted by molar-refractivity contribution is 0.0147.